The third kappa shape index (κ3) is 5.38. The fraction of sp³-hybridized carbons (Fsp3) is 0.636. The molecule has 0 atom stereocenters. The first-order valence-corrected chi connectivity index (χ1v) is 5.46. The van der Waals surface area contributed by atoms with Crippen LogP contribution in [0.2, 0.25) is 0 Å². The Bertz CT molecular complexity index is 313. The average molecular weight is 224 g/mol. The quantitative estimate of drug-likeness (QED) is 0.808. The molecule has 1 aromatic rings. The highest BCUT2D eigenvalue weighted by Crippen LogP contribution is 2.09. The molecule has 0 fully saturated rings. The summed E-state index contributed by atoms with van der Waals surface area (Å²) in [5.74, 6) is 0. The van der Waals surface area contributed by atoms with Crippen molar-refractivity contribution < 1.29 is 4.79 Å². The molecule has 0 aliphatic heterocycles. The van der Waals surface area contributed by atoms with E-state index in [0.717, 1.165) is 0 Å². The van der Waals surface area contributed by atoms with Crippen molar-refractivity contribution in [1.82, 2.24) is 20.4 Å². The number of nitrogens with one attached hydrogen (secondary N) is 2. The van der Waals surface area contributed by atoms with E-state index in [1.807, 2.05) is 12.3 Å². The fourth-order valence-electron chi connectivity index (χ4n) is 1.12. The van der Waals surface area contributed by atoms with Crippen LogP contribution < -0.4 is 10.6 Å². The summed E-state index contributed by atoms with van der Waals surface area (Å²) in [5.41, 5.74) is 0.110. The van der Waals surface area contributed by atoms with E-state index in [1.54, 1.807) is 10.9 Å². The Morgan fingerprint density at radius 2 is 2.12 bits per heavy atom. The van der Waals surface area contributed by atoms with Crippen LogP contribution in [0.1, 0.15) is 20.8 Å². The largest absolute Gasteiger partial charge is 0.338 e. The molecule has 0 bridgehead atoms. The van der Waals surface area contributed by atoms with E-state index in [4.69, 9.17) is 0 Å². The van der Waals surface area contributed by atoms with Gasteiger partial charge in [0.2, 0.25) is 0 Å². The second-order valence-corrected chi connectivity index (χ2v) is 4.94. The van der Waals surface area contributed by atoms with Crippen molar-refractivity contribution in [3.63, 3.8) is 0 Å². The molecule has 1 rings (SSSR count). The van der Waals surface area contributed by atoms with Crippen LogP contribution in [-0.4, -0.2) is 28.9 Å². The van der Waals surface area contributed by atoms with Gasteiger partial charge in [-0.1, -0.05) is 20.8 Å². The minimum Gasteiger partial charge on any atom is -0.338 e. The Kier molecular flexibility index (Phi) is 4.34. The van der Waals surface area contributed by atoms with Crippen LogP contribution in [0.15, 0.2) is 18.5 Å². The van der Waals surface area contributed by atoms with Crippen molar-refractivity contribution in [2.75, 3.05) is 13.1 Å². The summed E-state index contributed by atoms with van der Waals surface area (Å²) in [5, 5.41) is 9.65. The topological polar surface area (TPSA) is 59.0 Å². The van der Waals surface area contributed by atoms with Gasteiger partial charge in [-0.3, -0.25) is 4.68 Å². The van der Waals surface area contributed by atoms with Gasteiger partial charge < -0.3 is 10.6 Å². The molecule has 2 amide bonds. The van der Waals surface area contributed by atoms with Gasteiger partial charge in [-0.25, -0.2) is 4.79 Å². The minimum absolute atomic E-state index is 0.110. The number of nitrogens with zero attached hydrogens (tertiary/aromatic N) is 2. The van der Waals surface area contributed by atoms with E-state index in [1.165, 1.54) is 0 Å². The van der Waals surface area contributed by atoms with E-state index in [9.17, 15) is 4.79 Å². The number of hydrogen-bond donors (Lipinski definition) is 2. The maximum atomic E-state index is 11.4. The maximum absolute atomic E-state index is 11.4. The lowest BCUT2D eigenvalue weighted by Crippen LogP contribution is -2.41. The van der Waals surface area contributed by atoms with Crippen molar-refractivity contribution in [3.05, 3.63) is 18.5 Å². The number of urea groups is 1. The lowest BCUT2D eigenvalue weighted by atomic mass is 9.97. The van der Waals surface area contributed by atoms with Crippen molar-refractivity contribution in [3.8, 4) is 0 Å². The normalized spacial score (nSPS) is 11.2. The smallest absolute Gasteiger partial charge is 0.314 e. The van der Waals surface area contributed by atoms with Gasteiger partial charge >= 0.3 is 6.03 Å². The molecule has 0 saturated carbocycles. The first-order valence-electron chi connectivity index (χ1n) is 5.46. The third-order valence-corrected chi connectivity index (χ3v) is 1.96. The molecule has 5 nitrogen and oxygen atoms in total. The number of amides is 2. The monoisotopic (exact) mass is 224 g/mol. The van der Waals surface area contributed by atoms with Gasteiger partial charge in [-0.05, 0) is 11.5 Å². The van der Waals surface area contributed by atoms with Crippen LogP contribution in [0.4, 0.5) is 4.79 Å². The Hall–Kier alpha value is -1.52. The summed E-state index contributed by atoms with van der Waals surface area (Å²) in [6.45, 7) is 8.18. The van der Waals surface area contributed by atoms with Gasteiger partial charge in [-0.2, -0.15) is 5.10 Å². The number of aromatic nitrogens is 2. The fourth-order valence-corrected chi connectivity index (χ4v) is 1.12. The first-order chi connectivity index (χ1) is 7.47. The predicted octanol–water partition coefficient (Wildman–Crippen LogP) is 1.23. The standard InChI is InChI=1S/C11H20N4O/c1-11(2,3)9-13-10(16)12-6-8-15-7-4-5-14-15/h4-5,7H,6,8-9H2,1-3H3,(H2,12,13,16). The van der Waals surface area contributed by atoms with Crippen LogP contribution in [0.25, 0.3) is 0 Å². The summed E-state index contributed by atoms with van der Waals surface area (Å²) in [6.07, 6.45) is 3.59. The molecule has 5 heteroatoms. The van der Waals surface area contributed by atoms with E-state index >= 15 is 0 Å². The summed E-state index contributed by atoms with van der Waals surface area (Å²) >= 11 is 0. The van der Waals surface area contributed by atoms with Gasteiger partial charge in [0.15, 0.2) is 0 Å². The molecule has 0 aliphatic rings. The maximum Gasteiger partial charge on any atom is 0.314 e. The minimum atomic E-state index is -0.123. The second-order valence-electron chi connectivity index (χ2n) is 4.94. The summed E-state index contributed by atoms with van der Waals surface area (Å²) in [7, 11) is 0. The zero-order chi connectivity index (χ0) is 12.0. The molecule has 0 unspecified atom stereocenters. The molecule has 0 spiro atoms. The molecule has 1 aromatic heterocycles. The van der Waals surface area contributed by atoms with E-state index in [-0.39, 0.29) is 11.4 Å². The Morgan fingerprint density at radius 3 is 2.69 bits per heavy atom. The molecule has 0 saturated heterocycles. The Morgan fingerprint density at radius 1 is 1.38 bits per heavy atom. The molecule has 0 radical (unpaired) electrons. The lowest BCUT2D eigenvalue weighted by Gasteiger charge is -2.18. The lowest BCUT2D eigenvalue weighted by molar-refractivity contribution is 0.235. The van der Waals surface area contributed by atoms with E-state index < -0.39 is 0 Å². The highest BCUT2D eigenvalue weighted by atomic mass is 16.2. The van der Waals surface area contributed by atoms with Gasteiger partial charge in [-0.15, -0.1) is 0 Å². The number of rotatable bonds is 4. The van der Waals surface area contributed by atoms with Gasteiger partial charge in [0.05, 0.1) is 6.54 Å². The van der Waals surface area contributed by atoms with Crippen LogP contribution in [0, 0.1) is 5.41 Å². The average Bonchev–Trinajstić information content (AvgIpc) is 2.66. The summed E-state index contributed by atoms with van der Waals surface area (Å²) in [4.78, 5) is 11.4. The Balaban J connectivity index is 2.11. The predicted molar refractivity (Wildman–Crippen MR) is 63.1 cm³/mol. The van der Waals surface area contributed by atoms with Crippen LogP contribution in [0.3, 0.4) is 0 Å². The molecular weight excluding hydrogens is 204 g/mol. The van der Waals surface area contributed by atoms with Crippen LogP contribution in [0.5, 0.6) is 0 Å². The summed E-state index contributed by atoms with van der Waals surface area (Å²) < 4.78 is 1.78. The van der Waals surface area contributed by atoms with E-state index in [2.05, 4.69) is 36.5 Å². The van der Waals surface area contributed by atoms with Crippen molar-refractivity contribution in [2.24, 2.45) is 5.41 Å². The first kappa shape index (κ1) is 12.5. The zero-order valence-electron chi connectivity index (χ0n) is 10.2. The third-order valence-electron chi connectivity index (χ3n) is 1.96. The van der Waals surface area contributed by atoms with Crippen LogP contribution >= 0.6 is 0 Å². The Labute approximate surface area is 96.2 Å². The highest BCUT2D eigenvalue weighted by Gasteiger charge is 2.11. The van der Waals surface area contributed by atoms with Gasteiger partial charge in [0.25, 0.3) is 0 Å². The molecule has 0 aromatic carbocycles. The van der Waals surface area contributed by atoms with E-state index in [0.29, 0.717) is 19.6 Å². The van der Waals surface area contributed by atoms with Crippen molar-refractivity contribution in [2.45, 2.75) is 27.3 Å². The van der Waals surface area contributed by atoms with Gasteiger partial charge in [0.1, 0.15) is 0 Å². The molecule has 1 heterocycles. The molecular formula is C11H20N4O. The molecule has 2 N–H and O–H groups in total. The molecule has 90 valence electrons. The van der Waals surface area contributed by atoms with Gasteiger partial charge in [0, 0.05) is 25.5 Å². The van der Waals surface area contributed by atoms with Crippen molar-refractivity contribution >= 4 is 6.03 Å². The molecule has 0 aliphatic carbocycles. The van der Waals surface area contributed by atoms with Crippen molar-refractivity contribution in [1.29, 1.82) is 0 Å². The highest BCUT2D eigenvalue weighted by molar-refractivity contribution is 5.73. The zero-order valence-corrected chi connectivity index (χ0v) is 10.2. The molecule has 16 heavy (non-hydrogen) atoms. The number of hydrogen-bond acceptors (Lipinski definition) is 2. The SMILES string of the molecule is CC(C)(C)CNC(=O)NCCn1cccn1. The summed E-state index contributed by atoms with van der Waals surface area (Å²) in [6, 6.07) is 1.74. The van der Waals surface area contributed by atoms with Crippen LogP contribution in [-0.2, 0) is 6.54 Å². The second kappa shape index (κ2) is 5.53. The number of carbonyl (C=O) groups is 1. The number of carbonyl (C=O) groups excluding carboxylic acids is 1.